The van der Waals surface area contributed by atoms with Gasteiger partial charge in [0, 0.05) is 23.0 Å². The Hall–Kier alpha value is -1.28. The number of nitrogens with two attached hydrogens (primary N) is 1. The summed E-state index contributed by atoms with van der Waals surface area (Å²) in [6.07, 6.45) is 2.13. The summed E-state index contributed by atoms with van der Waals surface area (Å²) in [7, 11) is 0. The fourth-order valence-electron chi connectivity index (χ4n) is 2.67. The molecule has 2 heteroatoms. The summed E-state index contributed by atoms with van der Waals surface area (Å²) < 4.78 is 0. The molecule has 1 atom stereocenters. The van der Waals surface area contributed by atoms with Crippen molar-refractivity contribution in [3.63, 3.8) is 0 Å². The summed E-state index contributed by atoms with van der Waals surface area (Å²) >= 11 is 0. The Labute approximate surface area is 116 Å². The second-order valence-corrected chi connectivity index (χ2v) is 6.84. The lowest BCUT2D eigenvalue weighted by Crippen LogP contribution is -2.17. The molecule has 0 spiro atoms. The van der Waals surface area contributed by atoms with E-state index in [1.54, 1.807) is 0 Å². The largest absolute Gasteiger partial charge is 0.361 e. The minimum Gasteiger partial charge on any atom is -0.361 e. The van der Waals surface area contributed by atoms with Gasteiger partial charge in [-0.05, 0) is 41.1 Å². The molecule has 3 N–H and O–H groups in total. The number of rotatable bonds is 3. The van der Waals surface area contributed by atoms with Gasteiger partial charge in [0.2, 0.25) is 0 Å². The summed E-state index contributed by atoms with van der Waals surface area (Å²) in [5.74, 6) is 0.978. The summed E-state index contributed by atoms with van der Waals surface area (Å²) in [5.41, 5.74) is 10.1. The maximum Gasteiger partial charge on any atom is 0.0457 e. The van der Waals surface area contributed by atoms with Gasteiger partial charge in [0.1, 0.15) is 0 Å². The maximum atomic E-state index is 5.97. The van der Waals surface area contributed by atoms with Gasteiger partial charge in [-0.3, -0.25) is 0 Å². The Morgan fingerprint density at radius 2 is 1.89 bits per heavy atom. The van der Waals surface area contributed by atoms with E-state index in [-0.39, 0.29) is 5.41 Å². The molecule has 1 aromatic carbocycles. The van der Waals surface area contributed by atoms with E-state index in [2.05, 4.69) is 64.0 Å². The van der Waals surface area contributed by atoms with Crippen LogP contribution >= 0.6 is 0 Å². The van der Waals surface area contributed by atoms with Crippen LogP contribution in [-0.2, 0) is 5.41 Å². The van der Waals surface area contributed by atoms with Crippen LogP contribution < -0.4 is 5.73 Å². The Morgan fingerprint density at radius 3 is 2.42 bits per heavy atom. The van der Waals surface area contributed by atoms with Crippen LogP contribution in [0.1, 0.15) is 51.7 Å². The summed E-state index contributed by atoms with van der Waals surface area (Å²) in [4.78, 5) is 3.38. The van der Waals surface area contributed by atoms with E-state index in [0.29, 0.717) is 18.4 Å². The first-order valence-electron chi connectivity index (χ1n) is 7.16. The van der Waals surface area contributed by atoms with Crippen molar-refractivity contribution < 1.29 is 0 Å². The molecule has 0 amide bonds. The van der Waals surface area contributed by atoms with Gasteiger partial charge in [-0.15, -0.1) is 0 Å². The minimum atomic E-state index is 0.179. The number of nitrogens with one attached hydrogen (secondary N) is 1. The second kappa shape index (κ2) is 5.01. The third-order valence-electron chi connectivity index (χ3n) is 4.04. The Kier molecular flexibility index (Phi) is 3.73. The summed E-state index contributed by atoms with van der Waals surface area (Å²) in [6, 6.07) is 6.73. The fraction of sp³-hybridized carbons (Fsp3) is 0.529. The van der Waals surface area contributed by atoms with Crippen LogP contribution in [0.4, 0.5) is 0 Å². The van der Waals surface area contributed by atoms with Gasteiger partial charge in [0.05, 0.1) is 0 Å². The lowest BCUT2D eigenvalue weighted by Gasteiger charge is -2.21. The molecule has 2 rings (SSSR count). The van der Waals surface area contributed by atoms with E-state index < -0.39 is 0 Å². The zero-order valence-corrected chi connectivity index (χ0v) is 12.7. The van der Waals surface area contributed by atoms with Crippen LogP contribution in [-0.4, -0.2) is 11.5 Å². The molecule has 0 aliphatic carbocycles. The molecule has 104 valence electrons. The van der Waals surface area contributed by atoms with Crippen LogP contribution in [0.15, 0.2) is 24.4 Å². The first-order valence-corrected chi connectivity index (χ1v) is 7.16. The number of benzene rings is 1. The Bertz CT molecular complexity index is 558. The molecule has 0 bridgehead atoms. The molecule has 1 unspecified atom stereocenters. The molecule has 0 saturated carbocycles. The zero-order chi connectivity index (χ0) is 14.2. The van der Waals surface area contributed by atoms with Crippen molar-refractivity contribution in [2.45, 2.75) is 46.0 Å². The minimum absolute atomic E-state index is 0.179. The number of aromatic nitrogens is 1. The van der Waals surface area contributed by atoms with Crippen molar-refractivity contribution in [3.05, 3.63) is 35.5 Å². The van der Waals surface area contributed by atoms with Gasteiger partial charge in [0.25, 0.3) is 0 Å². The fourth-order valence-corrected chi connectivity index (χ4v) is 2.67. The third kappa shape index (κ3) is 2.69. The predicted octanol–water partition coefficient (Wildman–Crippen LogP) is 4.16. The smallest absolute Gasteiger partial charge is 0.0457 e. The van der Waals surface area contributed by atoms with Crippen molar-refractivity contribution in [1.82, 2.24) is 4.98 Å². The van der Waals surface area contributed by atoms with E-state index in [1.165, 1.54) is 22.0 Å². The molecule has 0 aliphatic heterocycles. The molecular weight excluding hydrogens is 232 g/mol. The van der Waals surface area contributed by atoms with Gasteiger partial charge in [0.15, 0.2) is 0 Å². The van der Waals surface area contributed by atoms with Crippen LogP contribution in [0.5, 0.6) is 0 Å². The van der Waals surface area contributed by atoms with E-state index >= 15 is 0 Å². The third-order valence-corrected chi connectivity index (χ3v) is 4.04. The maximum absolute atomic E-state index is 5.97. The quantitative estimate of drug-likeness (QED) is 0.852. The highest BCUT2D eigenvalue weighted by Gasteiger charge is 2.20. The number of H-pyrrole nitrogens is 1. The summed E-state index contributed by atoms with van der Waals surface area (Å²) in [5, 5.41) is 1.33. The molecule has 0 saturated heterocycles. The number of hydrogen-bond acceptors (Lipinski definition) is 1. The first-order chi connectivity index (χ1) is 8.84. The van der Waals surface area contributed by atoms with Crippen LogP contribution in [0.2, 0.25) is 0 Å². The molecule has 0 radical (unpaired) electrons. The Morgan fingerprint density at radius 1 is 1.21 bits per heavy atom. The van der Waals surface area contributed by atoms with Gasteiger partial charge >= 0.3 is 0 Å². The molecule has 0 fully saturated rings. The van der Waals surface area contributed by atoms with E-state index in [4.69, 9.17) is 5.73 Å². The summed E-state index contributed by atoms with van der Waals surface area (Å²) in [6.45, 7) is 11.9. The molecule has 2 aromatic rings. The number of hydrogen-bond donors (Lipinski definition) is 2. The number of aromatic amines is 1. The van der Waals surface area contributed by atoms with Gasteiger partial charge in [-0.25, -0.2) is 0 Å². The topological polar surface area (TPSA) is 41.8 Å². The molecule has 0 aliphatic rings. The lowest BCUT2D eigenvalue weighted by atomic mass is 9.84. The molecule has 2 nitrogen and oxygen atoms in total. The average Bonchev–Trinajstić information content (AvgIpc) is 2.72. The molecule has 1 aromatic heterocycles. The average molecular weight is 258 g/mol. The molecule has 19 heavy (non-hydrogen) atoms. The monoisotopic (exact) mass is 258 g/mol. The van der Waals surface area contributed by atoms with E-state index in [9.17, 15) is 0 Å². The van der Waals surface area contributed by atoms with Crippen molar-refractivity contribution >= 4 is 10.9 Å². The first kappa shape index (κ1) is 14.1. The standard InChI is InChI=1S/C17H26N2/c1-11(2)14(9-18)15-10-19-16-7-6-12(8-13(15)16)17(3,4)5/h6-8,10-11,14,19H,9,18H2,1-5H3. The normalized spacial score (nSPS) is 14.3. The highest BCUT2D eigenvalue weighted by molar-refractivity contribution is 5.84. The second-order valence-electron chi connectivity index (χ2n) is 6.84. The van der Waals surface area contributed by atoms with Crippen molar-refractivity contribution in [2.75, 3.05) is 6.54 Å². The van der Waals surface area contributed by atoms with Crippen molar-refractivity contribution in [3.8, 4) is 0 Å². The van der Waals surface area contributed by atoms with E-state index in [0.717, 1.165) is 0 Å². The predicted molar refractivity (Wildman–Crippen MR) is 83.6 cm³/mol. The molecular formula is C17H26N2. The van der Waals surface area contributed by atoms with Gasteiger partial charge < -0.3 is 10.7 Å². The SMILES string of the molecule is CC(C)C(CN)c1c[nH]c2ccc(C(C)(C)C)cc12. The highest BCUT2D eigenvalue weighted by atomic mass is 14.7. The Balaban J connectivity index is 2.57. The number of fused-ring (bicyclic) bond motifs is 1. The zero-order valence-electron chi connectivity index (χ0n) is 12.7. The van der Waals surface area contributed by atoms with Gasteiger partial charge in [-0.2, -0.15) is 0 Å². The lowest BCUT2D eigenvalue weighted by molar-refractivity contribution is 0.509. The van der Waals surface area contributed by atoms with Crippen LogP contribution in [0, 0.1) is 5.92 Å². The highest BCUT2D eigenvalue weighted by Crippen LogP contribution is 2.33. The van der Waals surface area contributed by atoms with Crippen LogP contribution in [0.25, 0.3) is 10.9 Å². The van der Waals surface area contributed by atoms with Crippen molar-refractivity contribution in [1.29, 1.82) is 0 Å². The van der Waals surface area contributed by atoms with Gasteiger partial charge in [-0.1, -0.05) is 40.7 Å². The van der Waals surface area contributed by atoms with Crippen LogP contribution in [0.3, 0.4) is 0 Å². The van der Waals surface area contributed by atoms with E-state index in [1.807, 2.05) is 0 Å². The van der Waals surface area contributed by atoms with Crippen molar-refractivity contribution in [2.24, 2.45) is 11.7 Å². The molecule has 1 heterocycles.